The molecule has 0 rings (SSSR count). The van der Waals surface area contributed by atoms with Crippen LogP contribution in [0.2, 0.25) is 0 Å². The molecule has 13 heavy (non-hydrogen) atoms. The highest BCUT2D eigenvalue weighted by Crippen LogP contribution is 2.28. The Morgan fingerprint density at radius 1 is 1.23 bits per heavy atom. The molecular weight excluding hydrogens is 164 g/mol. The van der Waals surface area contributed by atoms with Crippen LogP contribution in [0, 0.1) is 11.8 Å². The summed E-state index contributed by atoms with van der Waals surface area (Å²) in [5.74, 6) is 1.16. The lowest BCUT2D eigenvalue weighted by Gasteiger charge is -2.30. The quantitative estimate of drug-likeness (QED) is 0.508. The molecule has 0 aliphatic carbocycles. The smallest absolute Gasteiger partial charge is 0.101 e. The SMILES string of the molecule is CCC(C)CC(C)(CC(C)C)OO. The lowest BCUT2D eigenvalue weighted by atomic mass is 9.85. The minimum Gasteiger partial charge on any atom is -0.251 e. The Morgan fingerprint density at radius 2 is 1.77 bits per heavy atom. The van der Waals surface area contributed by atoms with Gasteiger partial charge in [-0.3, -0.25) is 5.26 Å². The Labute approximate surface area is 82.2 Å². The monoisotopic (exact) mass is 188 g/mol. The van der Waals surface area contributed by atoms with E-state index in [9.17, 15) is 0 Å². The van der Waals surface area contributed by atoms with E-state index in [0.717, 1.165) is 19.3 Å². The van der Waals surface area contributed by atoms with Gasteiger partial charge < -0.3 is 0 Å². The maximum atomic E-state index is 8.88. The van der Waals surface area contributed by atoms with E-state index in [0.29, 0.717) is 11.8 Å². The molecule has 2 unspecified atom stereocenters. The van der Waals surface area contributed by atoms with E-state index in [4.69, 9.17) is 5.26 Å². The molecule has 0 saturated heterocycles. The summed E-state index contributed by atoms with van der Waals surface area (Å²) in [7, 11) is 0. The molecule has 2 heteroatoms. The van der Waals surface area contributed by atoms with Gasteiger partial charge in [-0.25, -0.2) is 4.89 Å². The zero-order valence-electron chi connectivity index (χ0n) is 9.63. The van der Waals surface area contributed by atoms with Crippen molar-refractivity contribution in [1.29, 1.82) is 0 Å². The predicted molar refractivity (Wildman–Crippen MR) is 55.6 cm³/mol. The molecule has 80 valence electrons. The average Bonchev–Trinajstić information content (AvgIpc) is 2.02. The van der Waals surface area contributed by atoms with Crippen molar-refractivity contribution in [2.75, 3.05) is 0 Å². The van der Waals surface area contributed by atoms with Gasteiger partial charge in [-0.15, -0.1) is 0 Å². The summed E-state index contributed by atoms with van der Waals surface area (Å²) in [4.78, 5) is 4.62. The van der Waals surface area contributed by atoms with E-state index < -0.39 is 0 Å². The van der Waals surface area contributed by atoms with Crippen molar-refractivity contribution < 1.29 is 10.1 Å². The zero-order valence-corrected chi connectivity index (χ0v) is 9.63. The molecule has 0 amide bonds. The maximum Gasteiger partial charge on any atom is 0.101 e. The molecule has 0 bridgehead atoms. The first-order valence-corrected chi connectivity index (χ1v) is 5.26. The van der Waals surface area contributed by atoms with Crippen molar-refractivity contribution in [3.05, 3.63) is 0 Å². The molecule has 0 saturated carbocycles. The van der Waals surface area contributed by atoms with Crippen molar-refractivity contribution >= 4 is 0 Å². The fraction of sp³-hybridized carbons (Fsp3) is 1.00. The summed E-state index contributed by atoms with van der Waals surface area (Å²) in [5.41, 5.74) is -0.358. The van der Waals surface area contributed by atoms with Crippen LogP contribution in [0.4, 0.5) is 0 Å². The highest BCUT2D eigenvalue weighted by atomic mass is 17.1. The summed E-state index contributed by atoms with van der Waals surface area (Å²) in [6, 6.07) is 0. The van der Waals surface area contributed by atoms with Crippen LogP contribution in [0.15, 0.2) is 0 Å². The molecule has 0 aromatic rings. The molecule has 0 heterocycles. The Hall–Kier alpha value is -0.0800. The average molecular weight is 188 g/mol. The summed E-state index contributed by atoms with van der Waals surface area (Å²) < 4.78 is 0. The van der Waals surface area contributed by atoms with Crippen molar-refractivity contribution in [3.8, 4) is 0 Å². The number of rotatable bonds is 6. The summed E-state index contributed by atoms with van der Waals surface area (Å²) in [5, 5.41) is 8.88. The molecule has 0 radical (unpaired) electrons. The third-order valence-corrected chi connectivity index (χ3v) is 2.54. The molecule has 0 fully saturated rings. The molecular formula is C11H24O2. The topological polar surface area (TPSA) is 29.5 Å². The molecule has 0 aliphatic heterocycles. The number of hydrogen-bond donors (Lipinski definition) is 1. The van der Waals surface area contributed by atoms with Crippen molar-refractivity contribution in [2.24, 2.45) is 11.8 Å². The Kier molecular flexibility index (Phi) is 5.57. The molecule has 2 atom stereocenters. The molecule has 1 N–H and O–H groups in total. The summed E-state index contributed by atoms with van der Waals surface area (Å²) >= 11 is 0. The van der Waals surface area contributed by atoms with Crippen molar-refractivity contribution in [1.82, 2.24) is 0 Å². The van der Waals surface area contributed by atoms with Crippen LogP contribution in [0.25, 0.3) is 0 Å². The van der Waals surface area contributed by atoms with Crippen LogP contribution in [0.3, 0.4) is 0 Å². The second-order valence-corrected chi connectivity index (χ2v) is 4.86. The van der Waals surface area contributed by atoms with E-state index in [1.165, 1.54) is 0 Å². The first-order chi connectivity index (χ1) is 5.93. The second-order valence-electron chi connectivity index (χ2n) is 4.86. The van der Waals surface area contributed by atoms with Crippen molar-refractivity contribution in [2.45, 2.75) is 59.5 Å². The van der Waals surface area contributed by atoms with Gasteiger partial charge in [0, 0.05) is 0 Å². The predicted octanol–water partition coefficient (Wildman–Crippen LogP) is 3.72. The van der Waals surface area contributed by atoms with Crippen LogP contribution >= 0.6 is 0 Å². The first-order valence-electron chi connectivity index (χ1n) is 5.26. The Bertz CT molecular complexity index is 134. The van der Waals surface area contributed by atoms with Gasteiger partial charge >= 0.3 is 0 Å². The third kappa shape index (κ3) is 5.27. The fourth-order valence-corrected chi connectivity index (χ4v) is 1.90. The van der Waals surface area contributed by atoms with Gasteiger partial charge in [-0.2, -0.15) is 0 Å². The molecule has 0 aliphatic rings. The van der Waals surface area contributed by atoms with Crippen LogP contribution < -0.4 is 0 Å². The van der Waals surface area contributed by atoms with Crippen LogP contribution in [-0.2, 0) is 4.89 Å². The van der Waals surface area contributed by atoms with Gasteiger partial charge in [0.05, 0.1) is 0 Å². The molecule has 0 spiro atoms. The fourth-order valence-electron chi connectivity index (χ4n) is 1.90. The minimum atomic E-state index is -0.358. The highest BCUT2D eigenvalue weighted by Gasteiger charge is 2.28. The van der Waals surface area contributed by atoms with E-state index in [-0.39, 0.29) is 5.60 Å². The van der Waals surface area contributed by atoms with E-state index in [2.05, 4.69) is 32.6 Å². The Balaban J connectivity index is 4.10. The minimum absolute atomic E-state index is 0.358. The second kappa shape index (κ2) is 5.61. The molecule has 0 aromatic heterocycles. The zero-order chi connectivity index (χ0) is 10.5. The van der Waals surface area contributed by atoms with Gasteiger partial charge in [0.1, 0.15) is 5.60 Å². The van der Waals surface area contributed by atoms with Gasteiger partial charge in [-0.1, -0.05) is 34.1 Å². The highest BCUT2D eigenvalue weighted by molar-refractivity contribution is 4.77. The summed E-state index contributed by atoms with van der Waals surface area (Å²) in [6.45, 7) is 10.6. The van der Waals surface area contributed by atoms with Crippen LogP contribution in [0.1, 0.15) is 53.9 Å². The van der Waals surface area contributed by atoms with E-state index in [1.807, 2.05) is 6.92 Å². The molecule has 2 nitrogen and oxygen atoms in total. The largest absolute Gasteiger partial charge is 0.251 e. The van der Waals surface area contributed by atoms with E-state index >= 15 is 0 Å². The first kappa shape index (κ1) is 12.9. The van der Waals surface area contributed by atoms with E-state index in [1.54, 1.807) is 0 Å². The molecule has 0 aromatic carbocycles. The van der Waals surface area contributed by atoms with Gasteiger partial charge in [-0.05, 0) is 31.6 Å². The van der Waals surface area contributed by atoms with Gasteiger partial charge in [0.15, 0.2) is 0 Å². The lowest BCUT2D eigenvalue weighted by Crippen LogP contribution is -2.31. The Morgan fingerprint density at radius 3 is 2.08 bits per heavy atom. The maximum absolute atomic E-state index is 8.88. The lowest BCUT2D eigenvalue weighted by molar-refractivity contribution is -0.325. The third-order valence-electron chi connectivity index (χ3n) is 2.54. The van der Waals surface area contributed by atoms with Gasteiger partial charge in [0.25, 0.3) is 0 Å². The van der Waals surface area contributed by atoms with Gasteiger partial charge in [0.2, 0.25) is 0 Å². The van der Waals surface area contributed by atoms with Crippen LogP contribution in [0.5, 0.6) is 0 Å². The van der Waals surface area contributed by atoms with Crippen LogP contribution in [-0.4, -0.2) is 10.9 Å². The number of hydrogen-bond acceptors (Lipinski definition) is 2. The summed E-state index contributed by atoms with van der Waals surface area (Å²) in [6.07, 6.45) is 2.98. The normalized spacial score (nSPS) is 18.7. The van der Waals surface area contributed by atoms with Crippen molar-refractivity contribution in [3.63, 3.8) is 0 Å². The standard InChI is InChI=1S/C11H24O2/c1-6-10(4)8-11(5,13-12)7-9(2)3/h9-10,12H,6-8H2,1-5H3.